The zero-order valence-corrected chi connectivity index (χ0v) is 15.0. The SMILES string of the molecule is CC12CCC(C/C1=N/NC(=O)COc1cc(F)ccc1[N+](=O)[O-])C2(C)C. The van der Waals surface area contributed by atoms with E-state index in [0.717, 1.165) is 36.8 Å². The van der Waals surface area contributed by atoms with Gasteiger partial charge in [-0.25, -0.2) is 9.82 Å². The van der Waals surface area contributed by atoms with E-state index in [9.17, 15) is 19.3 Å². The molecule has 0 heterocycles. The van der Waals surface area contributed by atoms with Gasteiger partial charge in [0.05, 0.1) is 4.92 Å². The molecule has 26 heavy (non-hydrogen) atoms. The molecule has 1 aromatic rings. The normalized spacial score (nSPS) is 27.5. The fourth-order valence-corrected chi connectivity index (χ4v) is 4.16. The Hall–Kier alpha value is -2.51. The average Bonchev–Trinajstić information content (AvgIpc) is 2.91. The highest BCUT2D eigenvalue weighted by atomic mass is 19.1. The van der Waals surface area contributed by atoms with Crippen LogP contribution in [0.2, 0.25) is 0 Å². The standard InChI is InChI=1S/C18H22FN3O4/c1-17(2)11-6-7-18(17,3)15(8-11)20-21-16(23)10-26-14-9-12(19)4-5-13(14)22(24)25/h4-5,9,11H,6-8,10H2,1-3H3,(H,21,23)/b20-15-. The van der Waals surface area contributed by atoms with Crippen molar-refractivity contribution < 1.29 is 18.8 Å². The van der Waals surface area contributed by atoms with Gasteiger partial charge in [-0.15, -0.1) is 0 Å². The first-order valence-corrected chi connectivity index (χ1v) is 8.58. The first-order valence-electron chi connectivity index (χ1n) is 8.58. The number of nitro benzene ring substituents is 1. The second-order valence-corrected chi connectivity index (χ2v) is 7.74. The Bertz CT molecular complexity index is 793. The first kappa shape index (κ1) is 18.3. The summed E-state index contributed by atoms with van der Waals surface area (Å²) in [5.41, 5.74) is 3.16. The van der Waals surface area contributed by atoms with E-state index in [4.69, 9.17) is 4.74 Å². The number of amides is 1. The van der Waals surface area contributed by atoms with Crippen LogP contribution in [0.5, 0.6) is 5.75 Å². The lowest BCUT2D eigenvalue weighted by molar-refractivity contribution is -0.385. The van der Waals surface area contributed by atoms with Crippen molar-refractivity contribution in [3.05, 3.63) is 34.1 Å². The van der Waals surface area contributed by atoms with Crippen molar-refractivity contribution in [3.8, 4) is 5.75 Å². The summed E-state index contributed by atoms with van der Waals surface area (Å²) < 4.78 is 18.4. The number of nitrogens with one attached hydrogen (secondary N) is 1. The van der Waals surface area contributed by atoms with E-state index in [0.29, 0.717) is 5.92 Å². The summed E-state index contributed by atoms with van der Waals surface area (Å²) in [5.74, 6) is -0.941. The third-order valence-corrected chi connectivity index (χ3v) is 6.31. The molecule has 140 valence electrons. The minimum atomic E-state index is -0.689. The van der Waals surface area contributed by atoms with Crippen molar-refractivity contribution in [2.45, 2.75) is 40.0 Å². The van der Waals surface area contributed by atoms with Gasteiger partial charge >= 0.3 is 5.69 Å². The second kappa shape index (κ2) is 6.34. The molecule has 1 N–H and O–H groups in total. The smallest absolute Gasteiger partial charge is 0.311 e. The van der Waals surface area contributed by atoms with Crippen LogP contribution in [0.15, 0.2) is 23.3 Å². The number of hydrazone groups is 1. The summed E-state index contributed by atoms with van der Waals surface area (Å²) in [7, 11) is 0. The van der Waals surface area contributed by atoms with Crippen LogP contribution < -0.4 is 10.2 Å². The quantitative estimate of drug-likeness (QED) is 0.640. The fraction of sp³-hybridized carbons (Fsp3) is 0.556. The highest BCUT2D eigenvalue weighted by Gasteiger charge is 2.60. The van der Waals surface area contributed by atoms with Gasteiger partial charge in [0.15, 0.2) is 6.61 Å². The van der Waals surface area contributed by atoms with Crippen LogP contribution in [-0.4, -0.2) is 23.1 Å². The molecule has 0 spiro atoms. The number of carbonyl (C=O) groups excluding carboxylic acids is 1. The summed E-state index contributed by atoms with van der Waals surface area (Å²) >= 11 is 0. The van der Waals surface area contributed by atoms with Gasteiger partial charge in [-0.1, -0.05) is 20.8 Å². The van der Waals surface area contributed by atoms with Crippen LogP contribution in [0.1, 0.15) is 40.0 Å². The first-order chi connectivity index (χ1) is 12.1. The number of rotatable bonds is 5. The van der Waals surface area contributed by atoms with Gasteiger partial charge in [0.25, 0.3) is 5.91 Å². The molecule has 0 aromatic heterocycles. The van der Waals surface area contributed by atoms with E-state index in [1.165, 1.54) is 6.42 Å². The molecule has 1 aromatic carbocycles. The topological polar surface area (TPSA) is 93.8 Å². The lowest BCUT2D eigenvalue weighted by Crippen LogP contribution is -2.35. The molecule has 2 saturated carbocycles. The minimum Gasteiger partial charge on any atom is -0.477 e. The van der Waals surface area contributed by atoms with Crippen LogP contribution >= 0.6 is 0 Å². The zero-order valence-electron chi connectivity index (χ0n) is 15.0. The van der Waals surface area contributed by atoms with Gasteiger partial charge < -0.3 is 4.74 Å². The third kappa shape index (κ3) is 2.93. The summed E-state index contributed by atoms with van der Waals surface area (Å²) in [6.07, 6.45) is 3.08. The van der Waals surface area contributed by atoms with Gasteiger partial charge in [-0.2, -0.15) is 5.10 Å². The maximum Gasteiger partial charge on any atom is 0.311 e. The number of halogens is 1. The summed E-state index contributed by atoms with van der Waals surface area (Å²) in [6, 6.07) is 2.85. The predicted octanol–water partition coefficient (Wildman–Crippen LogP) is 3.43. The van der Waals surface area contributed by atoms with Gasteiger partial charge in [0.2, 0.25) is 5.75 Å². The van der Waals surface area contributed by atoms with Crippen molar-refractivity contribution in [3.63, 3.8) is 0 Å². The summed E-state index contributed by atoms with van der Waals surface area (Å²) in [4.78, 5) is 22.2. The zero-order chi connectivity index (χ0) is 19.1. The van der Waals surface area contributed by atoms with Gasteiger partial charge in [-0.3, -0.25) is 14.9 Å². The molecule has 2 aliphatic rings. The lowest BCUT2D eigenvalue weighted by atomic mass is 9.70. The maximum atomic E-state index is 13.3. The van der Waals surface area contributed by atoms with E-state index in [1.807, 2.05) is 0 Å². The molecule has 2 atom stereocenters. The molecule has 2 fully saturated rings. The average molecular weight is 363 g/mol. The van der Waals surface area contributed by atoms with Crippen LogP contribution in [0.4, 0.5) is 10.1 Å². The molecule has 2 bridgehead atoms. The number of nitro groups is 1. The van der Waals surface area contributed by atoms with Crippen molar-refractivity contribution in [1.29, 1.82) is 0 Å². The van der Waals surface area contributed by atoms with Gasteiger partial charge in [0, 0.05) is 23.3 Å². The number of hydrogen-bond acceptors (Lipinski definition) is 5. The van der Waals surface area contributed by atoms with Gasteiger partial charge in [0.1, 0.15) is 5.82 Å². The van der Waals surface area contributed by atoms with Crippen molar-refractivity contribution in [2.75, 3.05) is 6.61 Å². The molecule has 7 nitrogen and oxygen atoms in total. The van der Waals surface area contributed by atoms with E-state index in [-0.39, 0.29) is 16.6 Å². The molecular formula is C18H22FN3O4. The molecule has 2 unspecified atom stereocenters. The monoisotopic (exact) mass is 363 g/mol. The van der Waals surface area contributed by atoms with Gasteiger partial charge in [-0.05, 0) is 36.7 Å². The van der Waals surface area contributed by atoms with E-state index >= 15 is 0 Å². The Balaban J connectivity index is 1.63. The highest BCUT2D eigenvalue weighted by molar-refractivity contribution is 5.95. The molecular weight excluding hydrogens is 341 g/mol. The van der Waals surface area contributed by atoms with Crippen LogP contribution in [0.3, 0.4) is 0 Å². The Labute approximate surface area is 150 Å². The van der Waals surface area contributed by atoms with Crippen LogP contribution in [-0.2, 0) is 4.79 Å². The van der Waals surface area contributed by atoms with E-state index < -0.39 is 28.9 Å². The number of carbonyl (C=O) groups is 1. The summed E-state index contributed by atoms with van der Waals surface area (Å²) in [5, 5.41) is 15.2. The van der Waals surface area contributed by atoms with Crippen molar-refractivity contribution >= 4 is 17.3 Å². The molecule has 8 heteroatoms. The maximum absolute atomic E-state index is 13.3. The van der Waals surface area contributed by atoms with Crippen molar-refractivity contribution in [2.24, 2.45) is 21.8 Å². The van der Waals surface area contributed by atoms with E-state index in [2.05, 4.69) is 31.3 Å². The second-order valence-electron chi connectivity index (χ2n) is 7.74. The molecule has 2 aliphatic carbocycles. The fourth-order valence-electron chi connectivity index (χ4n) is 4.16. The molecule has 0 saturated heterocycles. The molecule has 1 amide bonds. The highest BCUT2D eigenvalue weighted by Crippen LogP contribution is 2.63. The molecule has 3 rings (SSSR count). The minimum absolute atomic E-state index is 0.0346. The Morgan fingerprint density at radius 3 is 2.77 bits per heavy atom. The number of benzene rings is 1. The number of ether oxygens (including phenoxy) is 1. The lowest BCUT2D eigenvalue weighted by Gasteiger charge is -2.34. The Morgan fingerprint density at radius 2 is 2.19 bits per heavy atom. The number of hydrogen-bond donors (Lipinski definition) is 1. The molecule has 0 radical (unpaired) electrons. The summed E-state index contributed by atoms with van der Waals surface area (Å²) in [6.45, 7) is 6.17. The Kier molecular flexibility index (Phi) is 4.46. The number of nitrogens with zero attached hydrogens (tertiary/aromatic N) is 2. The van der Waals surface area contributed by atoms with E-state index in [1.54, 1.807) is 0 Å². The Morgan fingerprint density at radius 1 is 1.46 bits per heavy atom. The number of fused-ring (bicyclic) bond motifs is 2. The van der Waals surface area contributed by atoms with Crippen molar-refractivity contribution in [1.82, 2.24) is 5.43 Å². The largest absolute Gasteiger partial charge is 0.477 e. The predicted molar refractivity (Wildman–Crippen MR) is 93.4 cm³/mol. The third-order valence-electron chi connectivity index (χ3n) is 6.31. The van der Waals surface area contributed by atoms with Crippen LogP contribution in [0, 0.1) is 32.7 Å². The molecule has 0 aliphatic heterocycles. The van der Waals surface area contributed by atoms with Crippen LogP contribution in [0.25, 0.3) is 0 Å².